The lowest BCUT2D eigenvalue weighted by Gasteiger charge is -2.19. The molecule has 2 rings (SSSR count). The van der Waals surface area contributed by atoms with E-state index >= 15 is 0 Å². The van der Waals surface area contributed by atoms with Gasteiger partial charge in [-0.15, -0.1) is 0 Å². The molecule has 0 saturated carbocycles. The Kier molecular flexibility index (Phi) is 4.84. The molecular formula is C18H27N3. The van der Waals surface area contributed by atoms with Crippen molar-refractivity contribution in [3.05, 3.63) is 53.6 Å². The monoisotopic (exact) mass is 285 g/mol. The van der Waals surface area contributed by atoms with Gasteiger partial charge in [-0.3, -0.25) is 0 Å². The standard InChI is InChI=1S/C18H27N3/c1-14(2)20-12-17-19-10-11-21(17)13-15-6-8-16(9-7-15)18(3,4)5/h6-11,14,20H,12-13H2,1-5H3. The molecule has 2 aromatic rings. The second-order valence-corrected chi connectivity index (χ2v) is 6.95. The maximum atomic E-state index is 4.44. The van der Waals surface area contributed by atoms with Gasteiger partial charge >= 0.3 is 0 Å². The van der Waals surface area contributed by atoms with Crippen LogP contribution < -0.4 is 5.32 Å². The Balaban J connectivity index is 2.07. The van der Waals surface area contributed by atoms with Gasteiger partial charge in [0.1, 0.15) is 5.82 Å². The van der Waals surface area contributed by atoms with Crippen molar-refractivity contribution in [3.63, 3.8) is 0 Å². The van der Waals surface area contributed by atoms with E-state index in [0.717, 1.165) is 18.9 Å². The largest absolute Gasteiger partial charge is 0.329 e. The summed E-state index contributed by atoms with van der Waals surface area (Å²) >= 11 is 0. The second-order valence-electron chi connectivity index (χ2n) is 6.95. The number of benzene rings is 1. The van der Waals surface area contributed by atoms with E-state index in [1.807, 2.05) is 6.20 Å². The molecule has 0 aliphatic heterocycles. The van der Waals surface area contributed by atoms with Crippen LogP contribution in [0.3, 0.4) is 0 Å². The molecule has 1 aromatic carbocycles. The van der Waals surface area contributed by atoms with Crippen molar-refractivity contribution in [2.24, 2.45) is 0 Å². The topological polar surface area (TPSA) is 29.9 Å². The van der Waals surface area contributed by atoms with Gasteiger partial charge in [0.25, 0.3) is 0 Å². The SMILES string of the molecule is CC(C)NCc1nccn1Cc1ccc(C(C)(C)C)cc1. The van der Waals surface area contributed by atoms with Crippen LogP contribution in [0.5, 0.6) is 0 Å². The first kappa shape index (κ1) is 15.8. The molecule has 0 fully saturated rings. The number of rotatable bonds is 5. The van der Waals surface area contributed by atoms with Crippen molar-refractivity contribution in [2.45, 2.75) is 59.2 Å². The number of hydrogen-bond donors (Lipinski definition) is 1. The maximum absolute atomic E-state index is 4.44. The summed E-state index contributed by atoms with van der Waals surface area (Å²) in [5, 5.41) is 3.42. The van der Waals surface area contributed by atoms with Gasteiger partial charge in [0.05, 0.1) is 6.54 Å². The average molecular weight is 285 g/mol. The third kappa shape index (κ3) is 4.43. The highest BCUT2D eigenvalue weighted by Crippen LogP contribution is 2.22. The quantitative estimate of drug-likeness (QED) is 0.907. The summed E-state index contributed by atoms with van der Waals surface area (Å²) in [6.07, 6.45) is 3.93. The Bertz CT molecular complexity index is 559. The fraction of sp³-hybridized carbons (Fsp3) is 0.500. The van der Waals surface area contributed by atoms with Gasteiger partial charge < -0.3 is 9.88 Å². The Hall–Kier alpha value is -1.61. The first-order chi connectivity index (χ1) is 9.86. The van der Waals surface area contributed by atoms with Gasteiger partial charge in [0.15, 0.2) is 0 Å². The number of aromatic nitrogens is 2. The third-order valence-electron chi connectivity index (χ3n) is 3.64. The first-order valence-electron chi connectivity index (χ1n) is 7.69. The zero-order valence-electron chi connectivity index (χ0n) is 13.9. The van der Waals surface area contributed by atoms with E-state index in [2.05, 4.69) is 79.9 Å². The number of nitrogens with one attached hydrogen (secondary N) is 1. The smallest absolute Gasteiger partial charge is 0.122 e. The molecule has 0 bridgehead atoms. The highest BCUT2D eigenvalue weighted by molar-refractivity contribution is 5.27. The van der Waals surface area contributed by atoms with Crippen LogP contribution in [0.4, 0.5) is 0 Å². The van der Waals surface area contributed by atoms with E-state index in [-0.39, 0.29) is 5.41 Å². The highest BCUT2D eigenvalue weighted by atomic mass is 15.1. The van der Waals surface area contributed by atoms with Gasteiger partial charge in [-0.1, -0.05) is 58.9 Å². The lowest BCUT2D eigenvalue weighted by atomic mass is 9.87. The van der Waals surface area contributed by atoms with E-state index in [9.17, 15) is 0 Å². The molecule has 1 N–H and O–H groups in total. The van der Waals surface area contributed by atoms with Crippen molar-refractivity contribution in [1.82, 2.24) is 14.9 Å². The number of hydrogen-bond acceptors (Lipinski definition) is 2. The molecule has 0 atom stereocenters. The summed E-state index contributed by atoms with van der Waals surface area (Å²) in [7, 11) is 0. The van der Waals surface area contributed by atoms with Crippen LogP contribution in [0.2, 0.25) is 0 Å². The minimum Gasteiger partial charge on any atom is -0.329 e. The third-order valence-corrected chi connectivity index (χ3v) is 3.64. The normalized spacial score (nSPS) is 12.1. The van der Waals surface area contributed by atoms with Crippen LogP contribution in [0, 0.1) is 0 Å². The lowest BCUT2D eigenvalue weighted by Crippen LogP contribution is -2.24. The molecule has 3 heteroatoms. The van der Waals surface area contributed by atoms with Gasteiger partial charge in [0, 0.05) is 25.0 Å². The Morgan fingerprint density at radius 1 is 1.14 bits per heavy atom. The molecule has 3 nitrogen and oxygen atoms in total. The minimum atomic E-state index is 0.208. The fourth-order valence-electron chi connectivity index (χ4n) is 2.25. The van der Waals surface area contributed by atoms with E-state index < -0.39 is 0 Å². The molecule has 1 aromatic heterocycles. The van der Waals surface area contributed by atoms with Crippen molar-refractivity contribution in [2.75, 3.05) is 0 Å². The first-order valence-corrected chi connectivity index (χ1v) is 7.69. The molecule has 21 heavy (non-hydrogen) atoms. The summed E-state index contributed by atoms with van der Waals surface area (Å²) < 4.78 is 2.21. The molecule has 114 valence electrons. The zero-order valence-corrected chi connectivity index (χ0v) is 13.9. The zero-order chi connectivity index (χ0) is 15.5. The molecule has 0 radical (unpaired) electrons. The molecule has 0 spiro atoms. The van der Waals surface area contributed by atoms with Crippen LogP contribution in [-0.2, 0) is 18.5 Å². The Morgan fingerprint density at radius 2 is 1.81 bits per heavy atom. The molecule has 0 saturated heterocycles. The van der Waals surface area contributed by atoms with E-state index in [1.54, 1.807) is 0 Å². The van der Waals surface area contributed by atoms with Gasteiger partial charge in [-0.2, -0.15) is 0 Å². The van der Waals surface area contributed by atoms with Crippen LogP contribution in [0.15, 0.2) is 36.7 Å². The summed E-state index contributed by atoms with van der Waals surface area (Å²) in [5.74, 6) is 1.09. The van der Waals surface area contributed by atoms with Crippen LogP contribution in [0.1, 0.15) is 51.6 Å². The predicted octanol–water partition coefficient (Wildman–Crippen LogP) is 3.73. The van der Waals surface area contributed by atoms with E-state index in [4.69, 9.17) is 0 Å². The van der Waals surface area contributed by atoms with Gasteiger partial charge in [-0.05, 0) is 16.5 Å². The van der Waals surface area contributed by atoms with E-state index in [1.165, 1.54) is 11.1 Å². The molecular weight excluding hydrogens is 258 g/mol. The number of imidazole rings is 1. The highest BCUT2D eigenvalue weighted by Gasteiger charge is 2.13. The van der Waals surface area contributed by atoms with Crippen molar-refractivity contribution in [1.29, 1.82) is 0 Å². The van der Waals surface area contributed by atoms with E-state index in [0.29, 0.717) is 6.04 Å². The second kappa shape index (κ2) is 6.44. The van der Waals surface area contributed by atoms with Crippen molar-refractivity contribution in [3.8, 4) is 0 Å². The molecule has 0 aliphatic rings. The summed E-state index contributed by atoms with van der Waals surface area (Å²) in [6, 6.07) is 9.39. The minimum absolute atomic E-state index is 0.208. The summed E-state index contributed by atoms with van der Waals surface area (Å²) in [5.41, 5.74) is 2.89. The Morgan fingerprint density at radius 3 is 2.38 bits per heavy atom. The van der Waals surface area contributed by atoms with Gasteiger partial charge in [0.2, 0.25) is 0 Å². The Labute approximate surface area is 128 Å². The average Bonchev–Trinajstić information content (AvgIpc) is 2.83. The summed E-state index contributed by atoms with van der Waals surface area (Å²) in [4.78, 5) is 4.44. The molecule has 1 heterocycles. The predicted molar refractivity (Wildman–Crippen MR) is 88.4 cm³/mol. The van der Waals surface area contributed by atoms with Crippen LogP contribution in [0.25, 0.3) is 0 Å². The molecule has 0 unspecified atom stereocenters. The maximum Gasteiger partial charge on any atom is 0.122 e. The molecule has 0 amide bonds. The van der Waals surface area contributed by atoms with Gasteiger partial charge in [-0.25, -0.2) is 4.98 Å². The van der Waals surface area contributed by atoms with Crippen molar-refractivity contribution < 1.29 is 0 Å². The van der Waals surface area contributed by atoms with Crippen LogP contribution in [-0.4, -0.2) is 15.6 Å². The lowest BCUT2D eigenvalue weighted by molar-refractivity contribution is 0.554. The van der Waals surface area contributed by atoms with Crippen molar-refractivity contribution >= 4 is 0 Å². The van der Waals surface area contributed by atoms with Crippen LogP contribution >= 0.6 is 0 Å². The summed E-state index contributed by atoms with van der Waals surface area (Å²) in [6.45, 7) is 12.7. The molecule has 0 aliphatic carbocycles. The number of nitrogens with zero attached hydrogens (tertiary/aromatic N) is 2. The fourth-order valence-corrected chi connectivity index (χ4v) is 2.25.